The third kappa shape index (κ3) is 3.52. The highest BCUT2D eigenvalue weighted by molar-refractivity contribution is 5.75. The summed E-state index contributed by atoms with van der Waals surface area (Å²) in [5.74, 6) is 0.859. The highest BCUT2D eigenvalue weighted by Gasteiger charge is 2.30. The quantitative estimate of drug-likeness (QED) is 0.652. The molecule has 0 unspecified atom stereocenters. The number of nitrogens with zero attached hydrogens (tertiary/aromatic N) is 5. The van der Waals surface area contributed by atoms with Crippen LogP contribution in [0.2, 0.25) is 0 Å². The molecule has 0 bridgehead atoms. The van der Waals surface area contributed by atoms with Gasteiger partial charge < -0.3 is 9.47 Å². The zero-order valence-electron chi connectivity index (χ0n) is 18.0. The summed E-state index contributed by atoms with van der Waals surface area (Å²) in [7, 11) is 1.71. The number of imidazole rings is 1. The highest BCUT2D eigenvalue weighted by Crippen LogP contribution is 2.31. The Kier molecular flexibility index (Phi) is 5.26. The molecule has 0 amide bonds. The molecule has 0 N–H and O–H groups in total. The minimum atomic E-state index is -0.324. The van der Waals surface area contributed by atoms with Gasteiger partial charge >= 0.3 is 5.69 Å². The van der Waals surface area contributed by atoms with Gasteiger partial charge in [0.25, 0.3) is 5.56 Å². The van der Waals surface area contributed by atoms with Crippen molar-refractivity contribution >= 4 is 23.2 Å². The summed E-state index contributed by atoms with van der Waals surface area (Å²) in [4.78, 5) is 33.6. The third-order valence-electron chi connectivity index (χ3n) is 6.66. The maximum atomic E-state index is 13.4. The van der Waals surface area contributed by atoms with Crippen LogP contribution in [0, 0.1) is 0 Å². The lowest BCUT2D eigenvalue weighted by Crippen LogP contribution is -2.42. The Hall–Kier alpha value is -3.09. The van der Waals surface area contributed by atoms with Crippen molar-refractivity contribution in [1.29, 1.82) is 0 Å². The Morgan fingerprint density at radius 3 is 2.58 bits per heavy atom. The first kappa shape index (κ1) is 19.8. The van der Waals surface area contributed by atoms with Gasteiger partial charge in [-0.25, -0.2) is 4.79 Å². The molecule has 1 aliphatic heterocycles. The topological polar surface area (TPSA) is 65.1 Å². The molecular weight excluding hydrogens is 390 g/mol. The first-order valence-corrected chi connectivity index (χ1v) is 11.3. The second-order valence-electron chi connectivity index (χ2n) is 8.64. The molecule has 7 heteroatoms. The van der Waals surface area contributed by atoms with E-state index >= 15 is 0 Å². The molecule has 1 saturated carbocycles. The van der Waals surface area contributed by atoms with Crippen molar-refractivity contribution < 1.29 is 0 Å². The lowest BCUT2D eigenvalue weighted by molar-refractivity contribution is 0.391. The Labute approximate surface area is 181 Å². The van der Waals surface area contributed by atoms with Crippen molar-refractivity contribution in [3.8, 4) is 0 Å². The summed E-state index contributed by atoms with van der Waals surface area (Å²) in [6.07, 6.45) is 11.0. The van der Waals surface area contributed by atoms with Gasteiger partial charge in [0.2, 0.25) is 5.95 Å². The van der Waals surface area contributed by atoms with E-state index in [1.165, 1.54) is 41.2 Å². The number of aromatic nitrogens is 4. The molecular formula is C24H29N5O2. The number of allylic oxidation sites excluding steroid dienone is 1. The van der Waals surface area contributed by atoms with Crippen molar-refractivity contribution in [2.24, 2.45) is 7.05 Å². The van der Waals surface area contributed by atoms with Crippen molar-refractivity contribution in [2.45, 2.75) is 57.7 Å². The van der Waals surface area contributed by atoms with Crippen LogP contribution in [0.1, 0.15) is 44.1 Å². The summed E-state index contributed by atoms with van der Waals surface area (Å²) in [6.45, 7) is 1.97. The third-order valence-corrected chi connectivity index (χ3v) is 6.66. The number of hydrogen-bond donors (Lipinski definition) is 0. The van der Waals surface area contributed by atoms with Crippen LogP contribution in [0.25, 0.3) is 17.2 Å². The number of rotatable bonds is 4. The summed E-state index contributed by atoms with van der Waals surface area (Å²) < 4.78 is 4.89. The molecule has 162 valence electrons. The van der Waals surface area contributed by atoms with Crippen LogP contribution in [0.5, 0.6) is 0 Å². The van der Waals surface area contributed by atoms with Gasteiger partial charge in [-0.1, -0.05) is 61.7 Å². The fourth-order valence-electron chi connectivity index (χ4n) is 5.05. The minimum Gasteiger partial charge on any atom is -0.339 e. The summed E-state index contributed by atoms with van der Waals surface area (Å²) in [5.41, 5.74) is 1.51. The maximum Gasteiger partial charge on any atom is 0.332 e. The highest BCUT2D eigenvalue weighted by atomic mass is 16.2. The van der Waals surface area contributed by atoms with Gasteiger partial charge in [-0.2, -0.15) is 4.98 Å². The van der Waals surface area contributed by atoms with E-state index in [2.05, 4.69) is 4.90 Å². The van der Waals surface area contributed by atoms with E-state index in [9.17, 15) is 9.59 Å². The lowest BCUT2D eigenvalue weighted by atomic mass is 9.94. The van der Waals surface area contributed by atoms with Crippen LogP contribution < -0.4 is 16.1 Å². The molecule has 2 aliphatic rings. The average molecular weight is 420 g/mol. The average Bonchev–Trinajstić information content (AvgIpc) is 3.21. The van der Waals surface area contributed by atoms with Gasteiger partial charge in [0, 0.05) is 32.7 Å². The molecule has 1 aliphatic carbocycles. The molecule has 2 aromatic heterocycles. The fraction of sp³-hybridized carbons (Fsp3) is 0.458. The number of anilines is 1. The molecule has 0 atom stereocenters. The summed E-state index contributed by atoms with van der Waals surface area (Å²) in [5, 5.41) is 0. The van der Waals surface area contributed by atoms with E-state index in [1.54, 1.807) is 7.05 Å². The predicted molar refractivity (Wildman–Crippen MR) is 124 cm³/mol. The van der Waals surface area contributed by atoms with E-state index in [1.807, 2.05) is 47.1 Å². The Morgan fingerprint density at radius 2 is 1.81 bits per heavy atom. The van der Waals surface area contributed by atoms with Gasteiger partial charge in [-0.15, -0.1) is 0 Å². The van der Waals surface area contributed by atoms with E-state index < -0.39 is 0 Å². The SMILES string of the molecule is Cn1c(=O)n(CC=Cc2ccccc2)c(=O)c2c1nc1n2CCCN1C1CCCCC1. The number of fused-ring (bicyclic) bond motifs is 3. The zero-order chi connectivity index (χ0) is 21.4. The second kappa shape index (κ2) is 8.21. The van der Waals surface area contributed by atoms with Crippen LogP contribution >= 0.6 is 0 Å². The second-order valence-corrected chi connectivity index (χ2v) is 8.64. The zero-order valence-corrected chi connectivity index (χ0v) is 18.0. The Bertz CT molecular complexity index is 1230. The van der Waals surface area contributed by atoms with Crippen LogP contribution in [0.4, 0.5) is 5.95 Å². The maximum absolute atomic E-state index is 13.4. The lowest BCUT2D eigenvalue weighted by Gasteiger charge is -2.37. The van der Waals surface area contributed by atoms with Gasteiger partial charge in [0.15, 0.2) is 11.2 Å². The molecule has 3 heterocycles. The normalized spacial score (nSPS) is 17.5. The molecule has 7 nitrogen and oxygen atoms in total. The molecule has 0 saturated heterocycles. The van der Waals surface area contributed by atoms with E-state index in [0.29, 0.717) is 17.2 Å². The Morgan fingerprint density at radius 1 is 1.03 bits per heavy atom. The molecule has 1 fully saturated rings. The Balaban J connectivity index is 1.56. The number of aryl methyl sites for hydroxylation is 2. The van der Waals surface area contributed by atoms with Gasteiger partial charge in [-0.05, 0) is 24.8 Å². The van der Waals surface area contributed by atoms with E-state index in [0.717, 1.165) is 31.0 Å². The molecule has 0 spiro atoms. The standard InChI is InChI=1S/C24H29N5O2/c1-26-21-20(22(30)29(24(26)31)15-8-12-18-10-4-2-5-11-18)28-17-9-16-27(23(28)25-21)19-13-6-3-7-14-19/h2,4-5,8,10-12,19H,3,6-7,9,13-17H2,1H3. The fourth-order valence-corrected chi connectivity index (χ4v) is 5.05. The van der Waals surface area contributed by atoms with Crippen molar-refractivity contribution in [3.05, 3.63) is 62.8 Å². The molecule has 31 heavy (non-hydrogen) atoms. The minimum absolute atomic E-state index is 0.239. The first-order chi connectivity index (χ1) is 15.1. The predicted octanol–water partition coefficient (Wildman–Crippen LogP) is 3.15. The van der Waals surface area contributed by atoms with Crippen LogP contribution in [-0.4, -0.2) is 31.3 Å². The van der Waals surface area contributed by atoms with Crippen LogP contribution in [0.3, 0.4) is 0 Å². The summed E-state index contributed by atoms with van der Waals surface area (Å²) >= 11 is 0. The number of hydrogen-bond acceptors (Lipinski definition) is 4. The van der Waals surface area contributed by atoms with Gasteiger partial charge in [0.05, 0.1) is 0 Å². The van der Waals surface area contributed by atoms with Crippen molar-refractivity contribution in [1.82, 2.24) is 18.7 Å². The van der Waals surface area contributed by atoms with Crippen molar-refractivity contribution in [2.75, 3.05) is 11.4 Å². The van der Waals surface area contributed by atoms with Crippen LogP contribution in [-0.2, 0) is 20.1 Å². The smallest absolute Gasteiger partial charge is 0.332 e. The summed E-state index contributed by atoms with van der Waals surface area (Å²) in [6, 6.07) is 10.4. The van der Waals surface area contributed by atoms with Gasteiger partial charge in [0.1, 0.15) is 0 Å². The van der Waals surface area contributed by atoms with Crippen molar-refractivity contribution in [3.63, 3.8) is 0 Å². The molecule has 0 radical (unpaired) electrons. The first-order valence-electron chi connectivity index (χ1n) is 11.3. The monoisotopic (exact) mass is 419 g/mol. The number of benzene rings is 1. The largest absolute Gasteiger partial charge is 0.339 e. The molecule has 3 aromatic rings. The van der Waals surface area contributed by atoms with E-state index in [4.69, 9.17) is 4.98 Å². The molecule has 5 rings (SSSR count). The molecule has 1 aromatic carbocycles. The van der Waals surface area contributed by atoms with E-state index in [-0.39, 0.29) is 17.8 Å². The van der Waals surface area contributed by atoms with Gasteiger partial charge in [-0.3, -0.25) is 13.9 Å². The van der Waals surface area contributed by atoms with Crippen LogP contribution in [0.15, 0.2) is 46.0 Å².